The molecule has 0 aliphatic carbocycles. The maximum Gasteiger partial charge on any atom is 0.322 e. The molecule has 0 saturated carbocycles. The summed E-state index contributed by atoms with van der Waals surface area (Å²) in [5, 5.41) is 24.7. The number of carbonyl (C=O) groups excluding carboxylic acids is 3. The number of rotatable bonds is 15. The van der Waals surface area contributed by atoms with Gasteiger partial charge in [-0.3, -0.25) is 24.0 Å². The van der Waals surface area contributed by atoms with E-state index in [4.69, 9.17) is 21.7 Å². The molecule has 0 aliphatic heterocycles. The zero-order chi connectivity index (χ0) is 24.8. The summed E-state index contributed by atoms with van der Waals surface area (Å²) in [5.74, 6) is -5.07. The molecule has 1 aromatic rings. The molecule has 0 spiro atoms. The van der Waals surface area contributed by atoms with E-state index in [1.807, 2.05) is 5.32 Å². The number of unbranched alkanes of at least 4 members (excludes halogenated alkanes) is 1. The van der Waals surface area contributed by atoms with Gasteiger partial charge in [0, 0.05) is 6.42 Å². The molecule has 3 atom stereocenters. The number of carbonyl (C=O) groups is 5. The number of aliphatic carboxylic acids is 2. The van der Waals surface area contributed by atoms with Gasteiger partial charge in [0.1, 0.15) is 18.6 Å². The lowest BCUT2D eigenvalue weighted by Crippen LogP contribution is -2.57. The fraction of sp³-hybridized carbons (Fsp3) is 0.476. The summed E-state index contributed by atoms with van der Waals surface area (Å²) in [4.78, 5) is 59.5. The number of carboxylic acid groups (broad SMARTS) is 2. The molecule has 1 rings (SSSR count). The molecule has 9 N–H and O–H groups in total. The lowest BCUT2D eigenvalue weighted by atomic mass is 10.0. The van der Waals surface area contributed by atoms with Crippen molar-refractivity contribution in [1.82, 2.24) is 16.0 Å². The molecule has 33 heavy (non-hydrogen) atoms. The Bertz CT molecular complexity index is 818. The first-order valence-electron chi connectivity index (χ1n) is 10.5. The summed E-state index contributed by atoms with van der Waals surface area (Å²) in [7, 11) is 0. The first-order chi connectivity index (χ1) is 15.6. The topological polar surface area (TPSA) is 214 Å². The largest absolute Gasteiger partial charge is 0.481 e. The highest BCUT2D eigenvalue weighted by Gasteiger charge is 2.29. The number of nitrogens with two attached hydrogens (primary N) is 2. The van der Waals surface area contributed by atoms with E-state index in [-0.39, 0.29) is 6.42 Å². The quantitative estimate of drug-likeness (QED) is 0.147. The minimum absolute atomic E-state index is 0.0600. The van der Waals surface area contributed by atoms with Crippen molar-refractivity contribution in [3.8, 4) is 0 Å². The fourth-order valence-electron chi connectivity index (χ4n) is 2.92. The van der Waals surface area contributed by atoms with Crippen LogP contribution in [0.5, 0.6) is 0 Å². The number of carboxylic acids is 2. The maximum absolute atomic E-state index is 12.9. The molecule has 0 aliphatic rings. The number of amides is 3. The van der Waals surface area contributed by atoms with Crippen molar-refractivity contribution in [2.75, 3.05) is 13.1 Å². The summed E-state index contributed by atoms with van der Waals surface area (Å²) in [5.41, 5.74) is 12.0. The van der Waals surface area contributed by atoms with E-state index in [1.165, 1.54) is 0 Å². The highest BCUT2D eigenvalue weighted by molar-refractivity contribution is 5.95. The predicted molar refractivity (Wildman–Crippen MR) is 118 cm³/mol. The SMILES string of the molecule is NCCCCC(N)C(=O)NC(Cc1ccccc1)C(=O)NC(CC(=O)O)C(=O)NCC(=O)O. The van der Waals surface area contributed by atoms with Crippen molar-refractivity contribution in [2.24, 2.45) is 11.5 Å². The molecule has 3 amide bonds. The van der Waals surface area contributed by atoms with Gasteiger partial charge < -0.3 is 37.6 Å². The van der Waals surface area contributed by atoms with E-state index in [2.05, 4.69) is 10.6 Å². The zero-order valence-electron chi connectivity index (χ0n) is 18.2. The van der Waals surface area contributed by atoms with Crippen LogP contribution in [0.4, 0.5) is 0 Å². The molecule has 0 fully saturated rings. The van der Waals surface area contributed by atoms with E-state index >= 15 is 0 Å². The molecule has 12 nitrogen and oxygen atoms in total. The Morgan fingerprint density at radius 3 is 2.06 bits per heavy atom. The van der Waals surface area contributed by atoms with Gasteiger partial charge >= 0.3 is 11.9 Å². The van der Waals surface area contributed by atoms with E-state index in [1.54, 1.807) is 30.3 Å². The molecular weight excluding hydrogens is 434 g/mol. The summed E-state index contributed by atoms with van der Waals surface area (Å²) in [6.07, 6.45) is 0.969. The van der Waals surface area contributed by atoms with Crippen LogP contribution in [-0.4, -0.2) is 71.1 Å². The van der Waals surface area contributed by atoms with Gasteiger partial charge in [0.15, 0.2) is 0 Å². The molecule has 0 saturated heterocycles. The molecule has 0 aromatic heterocycles. The second kappa shape index (κ2) is 14.5. The highest BCUT2D eigenvalue weighted by atomic mass is 16.4. The van der Waals surface area contributed by atoms with Gasteiger partial charge in [-0.15, -0.1) is 0 Å². The third-order valence-electron chi connectivity index (χ3n) is 4.65. The van der Waals surface area contributed by atoms with Gasteiger partial charge in [-0.25, -0.2) is 0 Å². The van der Waals surface area contributed by atoms with Crippen molar-refractivity contribution in [2.45, 2.75) is 50.2 Å². The van der Waals surface area contributed by atoms with E-state index in [9.17, 15) is 24.0 Å². The zero-order valence-corrected chi connectivity index (χ0v) is 18.2. The first-order valence-corrected chi connectivity index (χ1v) is 10.5. The molecule has 0 heterocycles. The van der Waals surface area contributed by atoms with Gasteiger partial charge in [0.25, 0.3) is 0 Å². The maximum atomic E-state index is 12.9. The molecule has 0 radical (unpaired) electrons. The van der Waals surface area contributed by atoms with Gasteiger partial charge in [0.05, 0.1) is 12.5 Å². The van der Waals surface area contributed by atoms with Gasteiger partial charge in [-0.05, 0) is 24.9 Å². The first kappa shape index (κ1) is 27.5. The van der Waals surface area contributed by atoms with Crippen molar-refractivity contribution >= 4 is 29.7 Å². The lowest BCUT2D eigenvalue weighted by molar-refractivity contribution is -0.141. The average Bonchev–Trinajstić information content (AvgIpc) is 2.76. The molecule has 0 bridgehead atoms. The van der Waals surface area contributed by atoms with Crippen LogP contribution in [-0.2, 0) is 30.4 Å². The molecular formula is C21H31N5O7. The number of nitrogens with one attached hydrogen (secondary N) is 3. The molecule has 1 aromatic carbocycles. The predicted octanol–water partition coefficient (Wildman–Crippen LogP) is -1.67. The van der Waals surface area contributed by atoms with Crippen molar-refractivity contribution in [3.63, 3.8) is 0 Å². The Hall–Kier alpha value is -3.51. The summed E-state index contributed by atoms with van der Waals surface area (Å²) >= 11 is 0. The third-order valence-corrected chi connectivity index (χ3v) is 4.65. The van der Waals surface area contributed by atoms with Gasteiger partial charge in [0.2, 0.25) is 17.7 Å². The second-order valence-corrected chi connectivity index (χ2v) is 7.41. The van der Waals surface area contributed by atoms with Crippen LogP contribution in [0.25, 0.3) is 0 Å². The molecule has 12 heteroatoms. The van der Waals surface area contributed by atoms with Crippen LogP contribution in [0, 0.1) is 0 Å². The monoisotopic (exact) mass is 465 g/mol. The fourth-order valence-corrected chi connectivity index (χ4v) is 2.92. The number of benzene rings is 1. The normalized spacial score (nSPS) is 13.3. The molecule has 182 valence electrons. The molecule has 3 unspecified atom stereocenters. The minimum Gasteiger partial charge on any atom is -0.481 e. The highest BCUT2D eigenvalue weighted by Crippen LogP contribution is 2.06. The van der Waals surface area contributed by atoms with Gasteiger partial charge in [-0.2, -0.15) is 0 Å². The average molecular weight is 466 g/mol. The van der Waals surface area contributed by atoms with Crippen LogP contribution < -0.4 is 27.4 Å². The Balaban J connectivity index is 2.97. The third kappa shape index (κ3) is 11.1. The standard InChI is InChI=1S/C21H31N5O7/c22-9-5-4-8-14(23)19(31)25-15(10-13-6-2-1-3-7-13)21(33)26-16(11-17(27)28)20(32)24-12-18(29)30/h1-3,6-7,14-16H,4-5,8-12,22-23H2,(H,24,32)(H,25,31)(H,26,33)(H,27,28)(H,29,30). The second-order valence-electron chi connectivity index (χ2n) is 7.41. The summed E-state index contributed by atoms with van der Waals surface area (Å²) in [6, 6.07) is 5.18. The Kier molecular flexibility index (Phi) is 12.1. The van der Waals surface area contributed by atoms with Crippen LogP contribution in [0.3, 0.4) is 0 Å². The van der Waals surface area contributed by atoms with Gasteiger partial charge in [-0.1, -0.05) is 36.8 Å². The van der Waals surface area contributed by atoms with Crippen LogP contribution in [0.1, 0.15) is 31.2 Å². The minimum atomic E-state index is -1.54. The Morgan fingerprint density at radius 2 is 1.48 bits per heavy atom. The van der Waals surface area contributed by atoms with E-state index in [0.29, 0.717) is 31.4 Å². The van der Waals surface area contributed by atoms with Crippen molar-refractivity contribution < 1.29 is 34.2 Å². The van der Waals surface area contributed by atoms with Crippen molar-refractivity contribution in [3.05, 3.63) is 35.9 Å². The summed E-state index contributed by atoms with van der Waals surface area (Å²) in [6.45, 7) is -0.283. The number of hydrogen-bond acceptors (Lipinski definition) is 7. The number of hydrogen-bond donors (Lipinski definition) is 7. The van der Waals surface area contributed by atoms with Crippen LogP contribution >= 0.6 is 0 Å². The van der Waals surface area contributed by atoms with E-state index < -0.39 is 60.8 Å². The van der Waals surface area contributed by atoms with Crippen molar-refractivity contribution in [1.29, 1.82) is 0 Å². The Labute approximate surface area is 191 Å². The van der Waals surface area contributed by atoms with Crippen LogP contribution in [0.15, 0.2) is 30.3 Å². The Morgan fingerprint density at radius 1 is 0.848 bits per heavy atom. The van der Waals surface area contributed by atoms with E-state index in [0.717, 1.165) is 0 Å². The summed E-state index contributed by atoms with van der Waals surface area (Å²) < 4.78 is 0. The lowest BCUT2D eigenvalue weighted by Gasteiger charge is -2.23. The van der Waals surface area contributed by atoms with Crippen LogP contribution in [0.2, 0.25) is 0 Å². The smallest absolute Gasteiger partial charge is 0.322 e.